The highest BCUT2D eigenvalue weighted by Crippen LogP contribution is 2.42. The van der Waals surface area contributed by atoms with Crippen molar-refractivity contribution in [2.24, 2.45) is 0 Å². The minimum absolute atomic E-state index is 0.0883. The fraction of sp³-hybridized carbons (Fsp3) is 0.100. The maximum absolute atomic E-state index is 12.9. The molecular weight excluding hydrogens is 576 g/mol. The first-order valence-electron chi connectivity index (χ1n) is 15.2. The van der Waals surface area contributed by atoms with E-state index in [4.69, 9.17) is 18.9 Å². The molecule has 0 fully saturated rings. The predicted molar refractivity (Wildman–Crippen MR) is 181 cm³/mol. The van der Waals surface area contributed by atoms with Gasteiger partial charge in [-0.1, -0.05) is 121 Å². The van der Waals surface area contributed by atoms with E-state index in [0.29, 0.717) is 22.6 Å². The summed E-state index contributed by atoms with van der Waals surface area (Å²) >= 11 is 0. The number of hydrogen-bond donors (Lipinski definition) is 0. The molecule has 0 radical (unpaired) electrons. The number of ether oxygens (including phenoxy) is 4. The first-order valence-corrected chi connectivity index (χ1v) is 15.2. The van der Waals surface area contributed by atoms with Crippen LogP contribution in [-0.2, 0) is 9.47 Å². The minimum atomic E-state index is -0.389. The van der Waals surface area contributed by atoms with Crippen LogP contribution in [0.4, 0.5) is 0 Å². The van der Waals surface area contributed by atoms with Gasteiger partial charge in [-0.3, -0.25) is 0 Å². The second-order valence-electron chi connectivity index (χ2n) is 10.8. The predicted octanol–water partition coefficient (Wildman–Crippen LogP) is 8.77. The van der Waals surface area contributed by atoms with Crippen LogP contribution >= 0.6 is 0 Å². The van der Waals surface area contributed by atoms with Crippen molar-refractivity contribution >= 4 is 55.0 Å². The Labute approximate surface area is 265 Å². The first-order chi connectivity index (χ1) is 22.7. The molecule has 46 heavy (non-hydrogen) atoms. The largest absolute Gasteiger partial charge is 0.489 e. The van der Waals surface area contributed by atoms with Crippen LogP contribution in [0.25, 0.3) is 43.1 Å². The first kappa shape index (κ1) is 28.9. The molecule has 0 amide bonds. The molecule has 0 N–H and O–H groups in total. The molecule has 0 saturated heterocycles. The Hall–Kier alpha value is -5.88. The summed E-state index contributed by atoms with van der Waals surface area (Å²) in [6.45, 7) is 0.527. The third-order valence-corrected chi connectivity index (χ3v) is 7.98. The summed E-state index contributed by atoms with van der Waals surface area (Å²) in [5, 5.41) is 7.13. The zero-order valence-corrected chi connectivity index (χ0v) is 25.0. The average molecular weight is 607 g/mol. The van der Waals surface area contributed by atoms with E-state index >= 15 is 0 Å². The second kappa shape index (κ2) is 13.0. The van der Waals surface area contributed by atoms with E-state index in [2.05, 4.69) is 0 Å². The van der Waals surface area contributed by atoms with E-state index in [1.807, 2.05) is 121 Å². The molecule has 6 heteroatoms. The zero-order valence-electron chi connectivity index (χ0n) is 25.0. The van der Waals surface area contributed by atoms with Crippen molar-refractivity contribution in [2.45, 2.75) is 0 Å². The van der Waals surface area contributed by atoms with Gasteiger partial charge in [-0.25, -0.2) is 9.59 Å². The fourth-order valence-electron chi connectivity index (χ4n) is 5.88. The van der Waals surface area contributed by atoms with Crippen LogP contribution in [0.3, 0.4) is 0 Å². The summed E-state index contributed by atoms with van der Waals surface area (Å²) in [5.74, 6) is 0.587. The molecule has 0 saturated carbocycles. The van der Waals surface area contributed by atoms with E-state index in [9.17, 15) is 9.59 Å². The van der Waals surface area contributed by atoms with E-state index in [1.54, 1.807) is 12.1 Å². The highest BCUT2D eigenvalue weighted by molar-refractivity contribution is 6.11. The summed E-state index contributed by atoms with van der Waals surface area (Å²) < 4.78 is 23.8. The van der Waals surface area contributed by atoms with Gasteiger partial charge in [0.2, 0.25) is 0 Å². The highest BCUT2D eigenvalue weighted by Gasteiger charge is 2.17. The van der Waals surface area contributed by atoms with Crippen molar-refractivity contribution in [3.8, 4) is 11.5 Å². The monoisotopic (exact) mass is 606 g/mol. The molecule has 0 bridgehead atoms. The van der Waals surface area contributed by atoms with E-state index in [0.717, 1.165) is 43.1 Å². The minimum Gasteiger partial charge on any atom is -0.489 e. The third-order valence-electron chi connectivity index (χ3n) is 7.98. The lowest BCUT2D eigenvalue weighted by molar-refractivity contribution is 0.0445. The third kappa shape index (κ3) is 5.69. The molecule has 226 valence electrons. The van der Waals surface area contributed by atoms with Gasteiger partial charge in [-0.2, -0.15) is 0 Å². The molecule has 0 aliphatic carbocycles. The van der Waals surface area contributed by atoms with Crippen LogP contribution in [0.1, 0.15) is 20.7 Å². The highest BCUT2D eigenvalue weighted by atomic mass is 16.6. The van der Waals surface area contributed by atoms with Gasteiger partial charge in [0.05, 0.1) is 11.1 Å². The molecule has 0 spiro atoms. The Kier molecular flexibility index (Phi) is 8.16. The molecular formula is C40H30O6. The molecule has 7 aromatic carbocycles. The van der Waals surface area contributed by atoms with Crippen molar-refractivity contribution in [3.05, 3.63) is 145 Å². The van der Waals surface area contributed by atoms with Crippen LogP contribution in [0.5, 0.6) is 11.5 Å². The van der Waals surface area contributed by atoms with Crippen molar-refractivity contribution in [3.63, 3.8) is 0 Å². The maximum atomic E-state index is 12.9. The SMILES string of the molecule is O=C(OCCOc1c2ccccc2c(OCCOC(=O)c2cccc3ccccc23)c2ccccc12)c1cccc2ccccc12. The smallest absolute Gasteiger partial charge is 0.338 e. The Balaban J connectivity index is 1.06. The number of carbonyl (C=O) groups excluding carboxylic acids is 2. The molecule has 0 aromatic heterocycles. The van der Waals surface area contributed by atoms with E-state index in [-0.39, 0.29) is 38.4 Å². The van der Waals surface area contributed by atoms with Crippen molar-refractivity contribution in [1.29, 1.82) is 0 Å². The van der Waals surface area contributed by atoms with E-state index < -0.39 is 0 Å². The molecule has 0 atom stereocenters. The number of esters is 2. The topological polar surface area (TPSA) is 71.1 Å². The standard InChI is InChI=1S/C40H30O6/c41-39(35-21-9-13-27-11-1-3-15-29(27)35)45-25-23-43-37-31-17-5-7-19-33(31)38(34-20-8-6-18-32(34)37)44-24-26-46-40(42)36-22-10-14-28-12-2-4-16-30(28)36/h1-22H,23-26H2. The average Bonchev–Trinajstić information content (AvgIpc) is 3.11. The molecule has 0 aliphatic rings. The van der Waals surface area contributed by atoms with Gasteiger partial charge < -0.3 is 18.9 Å². The van der Waals surface area contributed by atoms with Gasteiger partial charge in [0.1, 0.15) is 37.9 Å². The summed E-state index contributed by atoms with van der Waals surface area (Å²) in [4.78, 5) is 25.8. The van der Waals surface area contributed by atoms with Crippen molar-refractivity contribution in [1.82, 2.24) is 0 Å². The molecule has 0 heterocycles. The Bertz CT molecular complexity index is 2000. The lowest BCUT2D eigenvalue weighted by Gasteiger charge is -2.18. The van der Waals surface area contributed by atoms with Crippen molar-refractivity contribution < 1.29 is 28.5 Å². The lowest BCUT2D eigenvalue weighted by atomic mass is 10.0. The van der Waals surface area contributed by atoms with Crippen LogP contribution < -0.4 is 9.47 Å². The van der Waals surface area contributed by atoms with Gasteiger partial charge >= 0.3 is 11.9 Å². The number of rotatable bonds is 10. The van der Waals surface area contributed by atoms with Gasteiger partial charge in [0.25, 0.3) is 0 Å². The van der Waals surface area contributed by atoms with Crippen molar-refractivity contribution in [2.75, 3.05) is 26.4 Å². The summed E-state index contributed by atoms with van der Waals surface area (Å²) in [6.07, 6.45) is 0. The second-order valence-corrected chi connectivity index (χ2v) is 10.8. The number of hydrogen-bond acceptors (Lipinski definition) is 6. The Morgan fingerprint density at radius 2 is 0.696 bits per heavy atom. The van der Waals surface area contributed by atoms with Crippen LogP contribution in [0, 0.1) is 0 Å². The van der Waals surface area contributed by atoms with E-state index in [1.165, 1.54) is 0 Å². The molecule has 0 unspecified atom stereocenters. The maximum Gasteiger partial charge on any atom is 0.338 e. The summed E-state index contributed by atoms with van der Waals surface area (Å²) in [6, 6.07) is 42.4. The summed E-state index contributed by atoms with van der Waals surface area (Å²) in [7, 11) is 0. The van der Waals surface area contributed by atoms with Crippen LogP contribution in [0.2, 0.25) is 0 Å². The van der Waals surface area contributed by atoms with Gasteiger partial charge in [0.15, 0.2) is 0 Å². The molecule has 0 aliphatic heterocycles. The number of fused-ring (bicyclic) bond motifs is 4. The molecule has 7 rings (SSSR count). The number of carbonyl (C=O) groups is 2. The van der Waals surface area contributed by atoms with Crippen LogP contribution in [0.15, 0.2) is 133 Å². The summed E-state index contributed by atoms with van der Waals surface area (Å²) in [5.41, 5.74) is 1.05. The van der Waals surface area contributed by atoms with Crippen LogP contribution in [-0.4, -0.2) is 38.4 Å². The van der Waals surface area contributed by atoms with Gasteiger partial charge in [-0.15, -0.1) is 0 Å². The Morgan fingerprint density at radius 3 is 1.09 bits per heavy atom. The zero-order chi connectivity index (χ0) is 31.3. The molecule has 7 aromatic rings. The number of benzene rings is 7. The lowest BCUT2D eigenvalue weighted by Crippen LogP contribution is -2.14. The quantitative estimate of drug-likeness (QED) is 0.0881. The van der Waals surface area contributed by atoms with Gasteiger partial charge in [-0.05, 0) is 33.7 Å². The molecule has 6 nitrogen and oxygen atoms in total. The fourth-order valence-corrected chi connectivity index (χ4v) is 5.88. The van der Waals surface area contributed by atoms with Gasteiger partial charge in [0, 0.05) is 21.5 Å². The Morgan fingerprint density at radius 1 is 0.370 bits per heavy atom. The normalized spacial score (nSPS) is 11.1.